The van der Waals surface area contributed by atoms with Crippen molar-refractivity contribution in [3.8, 4) is 0 Å². The summed E-state index contributed by atoms with van der Waals surface area (Å²) >= 11 is 0. The van der Waals surface area contributed by atoms with E-state index in [0.29, 0.717) is 25.3 Å². The molecule has 40 heavy (non-hydrogen) atoms. The monoisotopic (exact) mass is 585 g/mol. The Kier molecular flexibility index (Phi) is 14.9. The summed E-state index contributed by atoms with van der Waals surface area (Å²) in [4.78, 5) is 39.0. The van der Waals surface area contributed by atoms with Crippen molar-refractivity contribution < 1.29 is 62.9 Å². The molecule has 0 radical (unpaired) electrons. The summed E-state index contributed by atoms with van der Waals surface area (Å²) < 4.78 is 25.6. The van der Waals surface area contributed by atoms with Gasteiger partial charge in [-0.05, 0) is 43.1 Å². The van der Waals surface area contributed by atoms with E-state index in [1.807, 2.05) is 30.3 Å². The molecule has 0 N–H and O–H groups in total. The number of carboxylic acids is 1. The largest absolute Gasteiger partial charge is 1.00 e. The van der Waals surface area contributed by atoms with E-state index >= 15 is 0 Å². The molecule has 1 aromatic carbocycles. The number of ether oxygens (including phenoxy) is 1. The van der Waals surface area contributed by atoms with E-state index < -0.39 is 43.7 Å². The molecule has 1 saturated carbocycles. The Morgan fingerprint density at radius 2 is 1.73 bits per heavy atom. The van der Waals surface area contributed by atoms with Crippen LogP contribution in [0.5, 0.6) is 0 Å². The second kappa shape index (κ2) is 17.1. The van der Waals surface area contributed by atoms with Gasteiger partial charge in [0.25, 0.3) is 0 Å². The maximum Gasteiger partial charge on any atom is 1.00 e. The average molecular weight is 586 g/mol. The third kappa shape index (κ3) is 10.6. The summed E-state index contributed by atoms with van der Waals surface area (Å²) in [6.45, 7) is 5.62. The standard InChI is InChI=1S/C30H46NO7P.Na/c1-4-28(33)37-30(22(2)3)38-39(36,18-12-11-15-23-13-7-5-8-14-23)21-27(32)31-20-25(19-26(31)29(34)35)24-16-9-6-10-17-24;/h5,7-8,13-14,22,24-26,30H,4,6,9-12,15-21H2,1-3H3,(H,34,35);/q;+1/p-1/t25-,26-,30-,39?;/m1./s1. The van der Waals surface area contributed by atoms with Crippen molar-refractivity contribution in [2.45, 2.75) is 97.3 Å². The van der Waals surface area contributed by atoms with Crippen LogP contribution in [0, 0.1) is 17.8 Å². The van der Waals surface area contributed by atoms with Gasteiger partial charge in [-0.25, -0.2) is 0 Å². The minimum atomic E-state index is -3.62. The van der Waals surface area contributed by atoms with Crippen molar-refractivity contribution in [3.63, 3.8) is 0 Å². The second-order valence-electron chi connectivity index (χ2n) is 11.5. The summed E-state index contributed by atoms with van der Waals surface area (Å²) in [7, 11) is -3.62. The molecule has 0 aromatic heterocycles. The van der Waals surface area contributed by atoms with Crippen molar-refractivity contribution >= 4 is 25.2 Å². The number of carbonyl (C=O) groups is 3. The molecule has 1 aliphatic carbocycles. The fourth-order valence-electron chi connectivity index (χ4n) is 5.79. The molecule has 0 spiro atoms. The van der Waals surface area contributed by atoms with E-state index in [2.05, 4.69) is 0 Å². The maximum atomic E-state index is 14.2. The number of hydrogen-bond donors (Lipinski definition) is 0. The molecule has 218 valence electrons. The topological polar surface area (TPSA) is 113 Å². The Hall–Kier alpha value is -1.18. The van der Waals surface area contributed by atoms with Crippen molar-refractivity contribution in [3.05, 3.63) is 35.9 Å². The Labute approximate surface area is 261 Å². The van der Waals surface area contributed by atoms with Crippen LogP contribution < -0.4 is 34.7 Å². The van der Waals surface area contributed by atoms with Gasteiger partial charge in [0, 0.05) is 25.0 Å². The number of benzene rings is 1. The Balaban J connectivity index is 0.00000560. The molecule has 1 unspecified atom stereocenters. The van der Waals surface area contributed by atoms with Gasteiger partial charge in [0.1, 0.15) is 6.16 Å². The molecular weight excluding hydrogens is 540 g/mol. The van der Waals surface area contributed by atoms with Crippen LogP contribution in [0.25, 0.3) is 0 Å². The minimum Gasteiger partial charge on any atom is -0.548 e. The first-order valence-electron chi connectivity index (χ1n) is 14.6. The summed E-state index contributed by atoms with van der Waals surface area (Å²) in [6.07, 6.45) is 6.88. The van der Waals surface area contributed by atoms with E-state index in [4.69, 9.17) is 9.26 Å². The van der Waals surface area contributed by atoms with Crippen LogP contribution in [0.4, 0.5) is 0 Å². The SMILES string of the molecule is CCC(=O)O[C@H](OP(=O)(CCCCc1ccccc1)CC(=O)N1C[C@H](C2CCCCC2)C[C@@H]1C(=O)[O-])C(C)C.[Na+]. The van der Waals surface area contributed by atoms with Gasteiger partial charge in [-0.3, -0.25) is 18.7 Å². The van der Waals surface area contributed by atoms with Crippen LogP contribution in [0.15, 0.2) is 30.3 Å². The maximum absolute atomic E-state index is 14.2. The summed E-state index contributed by atoms with van der Waals surface area (Å²) in [5.41, 5.74) is 1.17. The van der Waals surface area contributed by atoms with E-state index in [-0.39, 0.29) is 54.0 Å². The zero-order valence-corrected chi connectivity index (χ0v) is 27.6. The van der Waals surface area contributed by atoms with Crippen LogP contribution in [-0.2, 0) is 34.6 Å². The van der Waals surface area contributed by atoms with Crippen molar-refractivity contribution in [2.24, 2.45) is 17.8 Å². The van der Waals surface area contributed by atoms with Crippen molar-refractivity contribution in [1.29, 1.82) is 0 Å². The molecule has 1 heterocycles. The molecule has 1 aliphatic heterocycles. The van der Waals surface area contributed by atoms with E-state index in [1.54, 1.807) is 20.8 Å². The van der Waals surface area contributed by atoms with E-state index in [1.165, 1.54) is 16.9 Å². The third-order valence-corrected chi connectivity index (χ3v) is 10.4. The first-order valence-corrected chi connectivity index (χ1v) is 16.6. The molecular formula is C30H45NNaO7P. The molecule has 10 heteroatoms. The fourth-order valence-corrected chi connectivity index (χ4v) is 8.09. The molecule has 1 aromatic rings. The number of esters is 1. The second-order valence-corrected chi connectivity index (χ2v) is 14.1. The smallest absolute Gasteiger partial charge is 0.548 e. The van der Waals surface area contributed by atoms with Crippen molar-refractivity contribution in [1.82, 2.24) is 4.90 Å². The van der Waals surface area contributed by atoms with Gasteiger partial charge in [0.2, 0.25) is 19.6 Å². The molecule has 2 fully saturated rings. The van der Waals surface area contributed by atoms with Crippen LogP contribution >= 0.6 is 7.37 Å². The quantitative estimate of drug-likeness (QED) is 0.108. The van der Waals surface area contributed by atoms with Gasteiger partial charge < -0.3 is 19.5 Å². The molecule has 3 rings (SSSR count). The number of rotatable bonds is 14. The number of nitrogens with zero attached hydrogens (tertiary/aromatic N) is 1. The van der Waals surface area contributed by atoms with Crippen molar-refractivity contribution in [2.75, 3.05) is 18.9 Å². The average Bonchev–Trinajstić information content (AvgIpc) is 3.38. The predicted molar refractivity (Wildman–Crippen MR) is 148 cm³/mol. The van der Waals surface area contributed by atoms with Crippen LogP contribution in [0.1, 0.15) is 84.1 Å². The van der Waals surface area contributed by atoms with Gasteiger partial charge in [-0.1, -0.05) is 83.2 Å². The zero-order chi connectivity index (χ0) is 28.4. The molecule has 8 nitrogen and oxygen atoms in total. The molecule has 4 atom stereocenters. The Morgan fingerprint density at radius 1 is 1.05 bits per heavy atom. The van der Waals surface area contributed by atoms with Crippen LogP contribution in [-0.4, -0.2) is 53.9 Å². The van der Waals surface area contributed by atoms with Gasteiger partial charge in [-0.15, -0.1) is 0 Å². The number of likely N-dealkylation sites (tertiary alicyclic amines) is 1. The first kappa shape index (κ1) is 35.0. The van der Waals surface area contributed by atoms with Crippen LogP contribution in [0.3, 0.4) is 0 Å². The molecule has 1 saturated heterocycles. The zero-order valence-electron chi connectivity index (χ0n) is 24.7. The third-order valence-electron chi connectivity index (χ3n) is 8.05. The van der Waals surface area contributed by atoms with Gasteiger partial charge in [0.15, 0.2) is 0 Å². The minimum absolute atomic E-state index is 0. The number of carboxylic acid groups (broad SMARTS) is 1. The fraction of sp³-hybridized carbons (Fsp3) is 0.700. The molecule has 2 aliphatic rings. The number of hydrogen-bond acceptors (Lipinski definition) is 7. The summed E-state index contributed by atoms with van der Waals surface area (Å²) in [5, 5.41) is 12.0. The normalized spacial score (nSPS) is 21.9. The van der Waals surface area contributed by atoms with E-state index in [9.17, 15) is 24.1 Å². The Morgan fingerprint density at radius 3 is 2.33 bits per heavy atom. The van der Waals surface area contributed by atoms with E-state index in [0.717, 1.165) is 38.5 Å². The number of aryl methyl sites for hydroxylation is 1. The first-order chi connectivity index (χ1) is 18.6. The number of amides is 1. The molecule has 1 amide bonds. The summed E-state index contributed by atoms with van der Waals surface area (Å²) in [6, 6.07) is 8.96. The van der Waals surface area contributed by atoms with Crippen LogP contribution in [0.2, 0.25) is 0 Å². The summed E-state index contributed by atoms with van der Waals surface area (Å²) in [5.74, 6) is -1.99. The number of carbonyl (C=O) groups excluding carboxylic acids is 3. The van der Waals surface area contributed by atoms with Gasteiger partial charge in [0.05, 0.1) is 12.0 Å². The van der Waals surface area contributed by atoms with Gasteiger partial charge in [-0.2, -0.15) is 0 Å². The Bertz CT molecular complexity index is 999. The molecule has 0 bridgehead atoms. The van der Waals surface area contributed by atoms with Gasteiger partial charge >= 0.3 is 35.5 Å². The number of aliphatic carboxylic acids is 1. The number of unbranched alkanes of at least 4 members (excludes halogenated alkanes) is 1. The predicted octanol–water partition coefficient (Wildman–Crippen LogP) is 1.79.